The molecule has 0 heterocycles. The Bertz CT molecular complexity index is 611. The Labute approximate surface area is 130 Å². The van der Waals surface area contributed by atoms with Gasteiger partial charge in [0.1, 0.15) is 11.3 Å². The minimum atomic E-state index is -0.403. The van der Waals surface area contributed by atoms with Gasteiger partial charge in [-0.1, -0.05) is 27.7 Å². The predicted molar refractivity (Wildman–Crippen MR) is 82.6 cm³/mol. The third-order valence-electron chi connectivity index (χ3n) is 2.63. The zero-order chi connectivity index (χ0) is 14.5. The summed E-state index contributed by atoms with van der Waals surface area (Å²) in [6, 6.07) is 13.4. The number of hydrogen-bond donors (Lipinski definition) is 0. The first-order chi connectivity index (χ1) is 9.63. The molecule has 0 aliphatic heterocycles. The first-order valence-electron chi connectivity index (χ1n) is 5.84. The molecule has 0 aliphatic rings. The quantitative estimate of drug-likeness (QED) is 0.764. The average molecular weight is 353 g/mol. The van der Waals surface area contributed by atoms with Crippen molar-refractivity contribution in [3.63, 3.8) is 0 Å². The molecule has 5 heteroatoms. The number of carbonyl (C=O) groups excluding carboxylic acids is 1. The Hall–Kier alpha value is -1.46. The van der Waals surface area contributed by atoms with Crippen molar-refractivity contribution in [2.45, 2.75) is 9.79 Å². The van der Waals surface area contributed by atoms with E-state index in [9.17, 15) is 4.79 Å². The average Bonchev–Trinajstić information content (AvgIpc) is 2.48. The van der Waals surface area contributed by atoms with Crippen LogP contribution in [0.3, 0.4) is 0 Å². The highest BCUT2D eigenvalue weighted by Gasteiger charge is 2.13. The normalized spacial score (nSPS) is 10.2. The van der Waals surface area contributed by atoms with Crippen molar-refractivity contribution in [3.05, 3.63) is 52.5 Å². The topological polar surface area (TPSA) is 35.5 Å². The van der Waals surface area contributed by atoms with E-state index in [4.69, 9.17) is 9.47 Å². The van der Waals surface area contributed by atoms with Gasteiger partial charge in [0, 0.05) is 14.3 Å². The highest BCUT2D eigenvalue weighted by atomic mass is 79.9. The summed E-state index contributed by atoms with van der Waals surface area (Å²) in [6.07, 6.45) is 0. The van der Waals surface area contributed by atoms with Crippen molar-refractivity contribution in [1.82, 2.24) is 0 Å². The summed E-state index contributed by atoms with van der Waals surface area (Å²) in [4.78, 5) is 13.8. The smallest absolute Gasteiger partial charge is 0.341 e. The van der Waals surface area contributed by atoms with Gasteiger partial charge in [-0.15, -0.1) is 0 Å². The molecule has 0 aromatic heterocycles. The molecule has 0 fully saturated rings. The van der Waals surface area contributed by atoms with Gasteiger partial charge in [-0.05, 0) is 42.5 Å². The molecule has 3 nitrogen and oxygen atoms in total. The van der Waals surface area contributed by atoms with E-state index in [1.54, 1.807) is 23.9 Å². The highest BCUT2D eigenvalue weighted by molar-refractivity contribution is 9.10. The van der Waals surface area contributed by atoms with Crippen LogP contribution in [0.4, 0.5) is 0 Å². The molecule has 0 spiro atoms. The van der Waals surface area contributed by atoms with Crippen LogP contribution in [0, 0.1) is 0 Å². The first-order valence-corrected chi connectivity index (χ1v) is 7.44. The summed E-state index contributed by atoms with van der Waals surface area (Å²) in [5, 5.41) is 0. The Morgan fingerprint density at radius 1 is 1.05 bits per heavy atom. The SMILES string of the molecule is COC(=O)c1cc(Sc2ccc(Br)cc2)ccc1OC. The Kier molecular flexibility index (Phi) is 5.09. The summed E-state index contributed by atoms with van der Waals surface area (Å²) >= 11 is 4.98. The Morgan fingerprint density at radius 3 is 2.30 bits per heavy atom. The minimum Gasteiger partial charge on any atom is -0.496 e. The molecule has 0 saturated carbocycles. The molecule has 0 atom stereocenters. The van der Waals surface area contributed by atoms with Gasteiger partial charge in [0.2, 0.25) is 0 Å². The molecule has 2 rings (SSSR count). The minimum absolute atomic E-state index is 0.403. The fraction of sp³-hybridized carbons (Fsp3) is 0.133. The van der Waals surface area contributed by atoms with Crippen LogP contribution in [0.2, 0.25) is 0 Å². The first kappa shape index (κ1) is 14.9. The molecule has 2 aromatic carbocycles. The van der Waals surface area contributed by atoms with Gasteiger partial charge in [0.25, 0.3) is 0 Å². The Morgan fingerprint density at radius 2 is 1.70 bits per heavy atom. The third-order valence-corrected chi connectivity index (χ3v) is 4.15. The van der Waals surface area contributed by atoms with Crippen molar-refractivity contribution in [2.24, 2.45) is 0 Å². The number of ether oxygens (including phenoxy) is 2. The Balaban J connectivity index is 2.28. The van der Waals surface area contributed by atoms with Crippen LogP contribution in [-0.2, 0) is 4.74 Å². The highest BCUT2D eigenvalue weighted by Crippen LogP contribution is 2.32. The van der Waals surface area contributed by atoms with E-state index >= 15 is 0 Å². The third kappa shape index (κ3) is 3.55. The number of esters is 1. The largest absolute Gasteiger partial charge is 0.496 e. The lowest BCUT2D eigenvalue weighted by atomic mass is 10.2. The summed E-state index contributed by atoms with van der Waals surface area (Å²) < 4.78 is 11.0. The van der Waals surface area contributed by atoms with E-state index in [2.05, 4.69) is 15.9 Å². The molecule has 104 valence electrons. The fourth-order valence-electron chi connectivity index (χ4n) is 1.66. The molecule has 2 aromatic rings. The van der Waals surface area contributed by atoms with Gasteiger partial charge < -0.3 is 9.47 Å². The lowest BCUT2D eigenvalue weighted by Crippen LogP contribution is -2.04. The number of hydrogen-bond acceptors (Lipinski definition) is 4. The number of halogens is 1. The van der Waals surface area contributed by atoms with E-state index in [0.29, 0.717) is 11.3 Å². The lowest BCUT2D eigenvalue weighted by molar-refractivity contribution is 0.0597. The predicted octanol–water partition coefficient (Wildman–Crippen LogP) is 4.40. The maximum Gasteiger partial charge on any atom is 0.341 e. The number of carbonyl (C=O) groups is 1. The molecule has 0 saturated heterocycles. The van der Waals surface area contributed by atoms with E-state index in [1.165, 1.54) is 14.2 Å². The lowest BCUT2D eigenvalue weighted by Gasteiger charge is -2.09. The zero-order valence-electron chi connectivity index (χ0n) is 11.1. The van der Waals surface area contributed by atoms with Crippen molar-refractivity contribution >= 4 is 33.7 Å². The van der Waals surface area contributed by atoms with E-state index in [0.717, 1.165) is 14.3 Å². The monoisotopic (exact) mass is 352 g/mol. The van der Waals surface area contributed by atoms with Gasteiger partial charge in [-0.25, -0.2) is 4.79 Å². The van der Waals surface area contributed by atoms with Crippen molar-refractivity contribution in [1.29, 1.82) is 0 Å². The van der Waals surface area contributed by atoms with Gasteiger partial charge in [0.05, 0.1) is 14.2 Å². The molecule has 0 bridgehead atoms. The second-order valence-corrected chi connectivity index (χ2v) is 5.97. The van der Waals surface area contributed by atoms with Crippen LogP contribution >= 0.6 is 27.7 Å². The molecule has 0 radical (unpaired) electrons. The fourth-order valence-corrected chi connectivity index (χ4v) is 2.78. The maximum absolute atomic E-state index is 11.7. The zero-order valence-corrected chi connectivity index (χ0v) is 13.5. The van der Waals surface area contributed by atoms with Crippen LogP contribution in [-0.4, -0.2) is 20.2 Å². The van der Waals surface area contributed by atoms with Crippen molar-refractivity contribution < 1.29 is 14.3 Å². The summed E-state index contributed by atoms with van der Waals surface area (Å²) in [6.45, 7) is 0. The molecule has 0 amide bonds. The van der Waals surface area contributed by atoms with Gasteiger partial charge in [0.15, 0.2) is 0 Å². The van der Waals surface area contributed by atoms with Crippen LogP contribution in [0.15, 0.2) is 56.7 Å². The number of methoxy groups -OCH3 is 2. The van der Waals surface area contributed by atoms with Crippen LogP contribution in [0.5, 0.6) is 5.75 Å². The van der Waals surface area contributed by atoms with Gasteiger partial charge in [-0.2, -0.15) is 0 Å². The molecular weight excluding hydrogens is 340 g/mol. The second kappa shape index (κ2) is 6.81. The van der Waals surface area contributed by atoms with Gasteiger partial charge in [-0.3, -0.25) is 0 Å². The molecule has 20 heavy (non-hydrogen) atoms. The second-order valence-electron chi connectivity index (χ2n) is 3.91. The molecule has 0 aliphatic carbocycles. The van der Waals surface area contributed by atoms with Crippen molar-refractivity contribution in [2.75, 3.05) is 14.2 Å². The summed E-state index contributed by atoms with van der Waals surface area (Å²) in [5.41, 5.74) is 0.428. The van der Waals surface area contributed by atoms with E-state index in [1.807, 2.05) is 30.3 Å². The standard InChI is InChI=1S/C15H13BrO3S/c1-18-14-8-7-12(9-13(14)15(17)19-2)20-11-5-3-10(16)4-6-11/h3-9H,1-2H3. The molecule has 0 unspecified atom stereocenters. The van der Waals surface area contributed by atoms with Crippen molar-refractivity contribution in [3.8, 4) is 5.75 Å². The van der Waals surface area contributed by atoms with Crippen LogP contribution in [0.1, 0.15) is 10.4 Å². The van der Waals surface area contributed by atoms with E-state index < -0.39 is 5.97 Å². The summed E-state index contributed by atoms with van der Waals surface area (Å²) in [5.74, 6) is 0.108. The number of benzene rings is 2. The number of rotatable bonds is 4. The van der Waals surface area contributed by atoms with Crippen LogP contribution < -0.4 is 4.74 Å². The summed E-state index contributed by atoms with van der Waals surface area (Å²) in [7, 11) is 2.89. The van der Waals surface area contributed by atoms with E-state index in [-0.39, 0.29) is 0 Å². The van der Waals surface area contributed by atoms with Gasteiger partial charge >= 0.3 is 5.97 Å². The van der Waals surface area contributed by atoms with Crippen LogP contribution in [0.25, 0.3) is 0 Å². The molecular formula is C15H13BrO3S. The maximum atomic E-state index is 11.7. The molecule has 0 N–H and O–H groups in total.